The molecule has 83 valence electrons. The summed E-state index contributed by atoms with van der Waals surface area (Å²) in [5.41, 5.74) is 1.64. The summed E-state index contributed by atoms with van der Waals surface area (Å²) in [6, 6.07) is 8.17. The summed E-state index contributed by atoms with van der Waals surface area (Å²) in [5.74, 6) is 0.428. The lowest BCUT2D eigenvalue weighted by atomic mass is 9.86. The van der Waals surface area contributed by atoms with Crippen molar-refractivity contribution in [3.05, 3.63) is 60.7 Å². The number of rotatable bonds is 5. The van der Waals surface area contributed by atoms with Crippen LogP contribution >= 0.6 is 0 Å². The number of hydrogen-bond acceptors (Lipinski definition) is 1. The summed E-state index contributed by atoms with van der Waals surface area (Å²) in [4.78, 5) is 0. The molecule has 0 unspecified atom stereocenters. The fourth-order valence-electron chi connectivity index (χ4n) is 1.80. The molecule has 2 heteroatoms. The van der Waals surface area contributed by atoms with E-state index in [0.29, 0.717) is 5.92 Å². The third-order valence-electron chi connectivity index (χ3n) is 2.78. The average Bonchev–Trinajstić information content (AvgIpc) is 2.32. The third-order valence-corrected chi connectivity index (χ3v) is 3.12. The van der Waals surface area contributed by atoms with Gasteiger partial charge in [-0.05, 0) is 17.0 Å². The summed E-state index contributed by atoms with van der Waals surface area (Å²) < 4.78 is 5.38. The zero-order valence-electron chi connectivity index (χ0n) is 9.86. The Morgan fingerprint density at radius 1 is 1.25 bits per heavy atom. The van der Waals surface area contributed by atoms with Crippen LogP contribution in [0, 0.1) is 0 Å². The summed E-state index contributed by atoms with van der Waals surface area (Å²) in [7, 11) is 3.12. The molecule has 0 aliphatic heterocycles. The molecule has 1 aromatic rings. The van der Waals surface area contributed by atoms with Gasteiger partial charge in [-0.2, -0.15) is 0 Å². The van der Waals surface area contributed by atoms with E-state index in [1.54, 1.807) is 12.2 Å². The summed E-state index contributed by atoms with van der Waals surface area (Å²) in [6.45, 7) is 12.0. The van der Waals surface area contributed by atoms with E-state index in [1.165, 1.54) is 5.56 Å². The van der Waals surface area contributed by atoms with E-state index in [1.807, 2.05) is 18.2 Å². The topological polar surface area (TPSA) is 9.23 Å². The Kier molecular flexibility index (Phi) is 4.27. The van der Waals surface area contributed by atoms with Gasteiger partial charge in [-0.25, -0.2) is 0 Å². The molecule has 0 saturated carbocycles. The summed E-state index contributed by atoms with van der Waals surface area (Å²) >= 11 is 0. The van der Waals surface area contributed by atoms with Crippen molar-refractivity contribution >= 4 is 10.5 Å². The maximum atomic E-state index is 5.38. The van der Waals surface area contributed by atoms with E-state index in [4.69, 9.17) is 4.43 Å². The van der Waals surface area contributed by atoms with Crippen molar-refractivity contribution < 1.29 is 4.43 Å². The quantitative estimate of drug-likeness (QED) is 0.555. The molecule has 1 rings (SSSR count). The van der Waals surface area contributed by atoms with Gasteiger partial charge in [-0.1, -0.05) is 63.4 Å². The Bertz CT molecular complexity index is 374. The second-order valence-corrected chi connectivity index (χ2v) is 4.25. The van der Waals surface area contributed by atoms with Gasteiger partial charge in [0.25, 0.3) is 0 Å². The van der Waals surface area contributed by atoms with Crippen LogP contribution in [0.2, 0.25) is 0 Å². The van der Waals surface area contributed by atoms with Crippen molar-refractivity contribution in [2.75, 3.05) is 0 Å². The van der Waals surface area contributed by atoms with Crippen molar-refractivity contribution in [1.82, 2.24) is 0 Å². The minimum atomic E-state index is -0.669. The molecule has 0 heterocycles. The molecule has 16 heavy (non-hydrogen) atoms. The van der Waals surface area contributed by atoms with E-state index in [0.717, 1.165) is 5.56 Å². The molecular formula is C14H17OSi. The van der Waals surface area contributed by atoms with Gasteiger partial charge in [-0.15, -0.1) is 0 Å². The maximum Gasteiger partial charge on any atom is 0.248 e. The minimum absolute atomic E-state index is 0.428. The van der Waals surface area contributed by atoms with Crippen LogP contribution in [-0.2, 0) is 10.0 Å². The predicted molar refractivity (Wildman–Crippen MR) is 69.4 cm³/mol. The Balaban J connectivity index is 3.40. The van der Waals surface area contributed by atoms with Crippen LogP contribution in [0.15, 0.2) is 49.6 Å². The van der Waals surface area contributed by atoms with Crippen LogP contribution in [-0.4, -0.2) is 10.5 Å². The first-order valence-electron chi connectivity index (χ1n) is 5.32. The lowest BCUT2D eigenvalue weighted by Crippen LogP contribution is -2.25. The van der Waals surface area contributed by atoms with E-state index < -0.39 is 5.60 Å². The smallest absolute Gasteiger partial charge is 0.248 e. The van der Waals surface area contributed by atoms with E-state index in [-0.39, 0.29) is 0 Å². The van der Waals surface area contributed by atoms with Crippen LogP contribution in [0.4, 0.5) is 0 Å². The van der Waals surface area contributed by atoms with E-state index >= 15 is 0 Å². The Labute approximate surface area is 101 Å². The van der Waals surface area contributed by atoms with Crippen molar-refractivity contribution in [3.8, 4) is 0 Å². The number of hydrogen-bond donors (Lipinski definition) is 0. The molecule has 3 radical (unpaired) electrons. The van der Waals surface area contributed by atoms with Gasteiger partial charge >= 0.3 is 0 Å². The molecule has 0 N–H and O–H groups in total. The molecule has 0 fully saturated rings. The molecule has 1 aromatic carbocycles. The lowest BCUT2D eigenvalue weighted by molar-refractivity contribution is 0.192. The Hall–Kier alpha value is -1.12. The van der Waals surface area contributed by atoms with Gasteiger partial charge in [0.05, 0.1) is 0 Å². The number of benzene rings is 1. The third kappa shape index (κ3) is 2.18. The van der Waals surface area contributed by atoms with Crippen molar-refractivity contribution in [2.45, 2.75) is 25.4 Å². The van der Waals surface area contributed by atoms with Gasteiger partial charge in [-0.3, -0.25) is 0 Å². The minimum Gasteiger partial charge on any atom is -0.402 e. The zero-order chi connectivity index (χ0) is 12.2. The fourth-order valence-corrected chi connectivity index (χ4v) is 2.07. The van der Waals surface area contributed by atoms with Gasteiger partial charge in [0.15, 0.2) is 0 Å². The monoisotopic (exact) mass is 229 g/mol. The second kappa shape index (κ2) is 5.28. The Morgan fingerprint density at radius 3 is 2.25 bits per heavy atom. The molecule has 0 aliphatic carbocycles. The fraction of sp³-hybridized carbons (Fsp3) is 0.286. The van der Waals surface area contributed by atoms with Gasteiger partial charge in [0, 0.05) is 0 Å². The standard InChI is InChI=1S/C14H17OSi/c1-5-14(6-2,15-16)13-10-8-7-9-12(13)11(3)4/h5-11H,1-2H2,3-4H3. The second-order valence-electron chi connectivity index (χ2n) is 4.05. The summed E-state index contributed by atoms with van der Waals surface area (Å²) in [5, 5.41) is 0. The largest absolute Gasteiger partial charge is 0.402 e. The van der Waals surface area contributed by atoms with Crippen molar-refractivity contribution in [2.24, 2.45) is 0 Å². The predicted octanol–water partition coefficient (Wildman–Crippen LogP) is 3.48. The SMILES string of the molecule is C=CC(C=C)(O[Si])c1ccccc1C(C)C. The highest BCUT2D eigenvalue weighted by atomic mass is 28.2. The van der Waals surface area contributed by atoms with E-state index in [2.05, 4.69) is 43.6 Å². The maximum absolute atomic E-state index is 5.38. The molecule has 0 saturated heterocycles. The first-order chi connectivity index (χ1) is 7.61. The lowest BCUT2D eigenvalue weighted by Gasteiger charge is -2.29. The van der Waals surface area contributed by atoms with Crippen LogP contribution in [0.1, 0.15) is 30.9 Å². The van der Waals surface area contributed by atoms with Crippen LogP contribution < -0.4 is 0 Å². The molecule has 0 bridgehead atoms. The molecule has 1 nitrogen and oxygen atoms in total. The van der Waals surface area contributed by atoms with Gasteiger partial charge < -0.3 is 4.43 Å². The average molecular weight is 229 g/mol. The molecule has 0 amide bonds. The highest BCUT2D eigenvalue weighted by molar-refractivity contribution is 5.98. The van der Waals surface area contributed by atoms with Crippen molar-refractivity contribution in [1.29, 1.82) is 0 Å². The molecule has 0 aromatic heterocycles. The molecule has 0 spiro atoms. The van der Waals surface area contributed by atoms with Crippen molar-refractivity contribution in [3.63, 3.8) is 0 Å². The molecular weight excluding hydrogens is 212 g/mol. The van der Waals surface area contributed by atoms with Crippen LogP contribution in [0.3, 0.4) is 0 Å². The highest BCUT2D eigenvalue weighted by Gasteiger charge is 2.27. The first-order valence-corrected chi connectivity index (χ1v) is 5.73. The van der Waals surface area contributed by atoms with Gasteiger partial charge in [0.2, 0.25) is 10.5 Å². The molecule has 0 aliphatic rings. The normalized spacial score (nSPS) is 11.5. The van der Waals surface area contributed by atoms with Crippen LogP contribution in [0.5, 0.6) is 0 Å². The Morgan fingerprint density at radius 2 is 1.81 bits per heavy atom. The van der Waals surface area contributed by atoms with Gasteiger partial charge in [0.1, 0.15) is 5.60 Å². The van der Waals surface area contributed by atoms with E-state index in [9.17, 15) is 0 Å². The molecule has 0 atom stereocenters. The highest BCUT2D eigenvalue weighted by Crippen LogP contribution is 2.33. The van der Waals surface area contributed by atoms with Crippen LogP contribution in [0.25, 0.3) is 0 Å². The summed E-state index contributed by atoms with van der Waals surface area (Å²) in [6.07, 6.45) is 3.49. The first kappa shape index (κ1) is 12.9. The zero-order valence-corrected chi connectivity index (χ0v) is 10.9.